The number of halogens is 2. The summed E-state index contributed by atoms with van der Waals surface area (Å²) in [6.07, 6.45) is 0.490. The van der Waals surface area contributed by atoms with Gasteiger partial charge < -0.3 is 10.4 Å². The molecule has 4 nitrogen and oxygen atoms in total. The first-order chi connectivity index (χ1) is 7.15. The predicted molar refractivity (Wildman–Crippen MR) is 58.3 cm³/mol. The summed E-state index contributed by atoms with van der Waals surface area (Å²) in [5, 5.41) is 11.6. The van der Waals surface area contributed by atoms with Crippen LogP contribution in [0.5, 0.6) is 0 Å². The standard InChI is InChI=1S/C9H10Cl2N2O2/c10-6-2-3-7(11)13-8(6)9(15)12-4-1-5-14/h2-3,14H,1,4-5H2,(H,12,15). The smallest absolute Gasteiger partial charge is 0.271 e. The average molecular weight is 249 g/mol. The average Bonchev–Trinajstić information content (AvgIpc) is 2.22. The molecule has 1 heterocycles. The van der Waals surface area contributed by atoms with E-state index in [-0.39, 0.29) is 22.5 Å². The van der Waals surface area contributed by atoms with Crippen LogP contribution in [0.15, 0.2) is 12.1 Å². The van der Waals surface area contributed by atoms with E-state index in [1.54, 1.807) is 0 Å². The molecule has 0 radical (unpaired) electrons. The molecule has 1 aromatic heterocycles. The maximum Gasteiger partial charge on any atom is 0.271 e. The van der Waals surface area contributed by atoms with Crippen molar-refractivity contribution in [1.82, 2.24) is 10.3 Å². The van der Waals surface area contributed by atoms with E-state index in [1.807, 2.05) is 0 Å². The van der Waals surface area contributed by atoms with Crippen LogP contribution in [0.2, 0.25) is 10.2 Å². The summed E-state index contributed by atoms with van der Waals surface area (Å²) in [7, 11) is 0. The molecule has 0 spiro atoms. The fourth-order valence-corrected chi connectivity index (χ4v) is 1.28. The molecule has 0 fully saturated rings. The predicted octanol–water partition coefficient (Wildman–Crippen LogP) is 1.50. The third kappa shape index (κ3) is 3.66. The van der Waals surface area contributed by atoms with Crippen molar-refractivity contribution in [3.8, 4) is 0 Å². The summed E-state index contributed by atoms with van der Waals surface area (Å²) in [6.45, 7) is 0.400. The minimum atomic E-state index is -0.393. The van der Waals surface area contributed by atoms with Gasteiger partial charge in [-0.15, -0.1) is 0 Å². The first-order valence-electron chi connectivity index (χ1n) is 4.36. The van der Waals surface area contributed by atoms with E-state index in [0.29, 0.717) is 13.0 Å². The molecule has 0 aliphatic rings. The molecule has 0 unspecified atom stereocenters. The maximum atomic E-state index is 11.5. The number of aliphatic hydroxyl groups is 1. The van der Waals surface area contributed by atoms with Crippen molar-refractivity contribution in [1.29, 1.82) is 0 Å². The summed E-state index contributed by atoms with van der Waals surface area (Å²) in [5.74, 6) is -0.393. The quantitative estimate of drug-likeness (QED) is 0.627. The van der Waals surface area contributed by atoms with E-state index in [4.69, 9.17) is 28.3 Å². The second kappa shape index (κ2) is 5.90. The molecule has 0 aromatic carbocycles. The second-order valence-corrected chi connectivity index (χ2v) is 3.59. The van der Waals surface area contributed by atoms with Crippen LogP contribution in [-0.4, -0.2) is 29.1 Å². The number of aliphatic hydroxyl groups excluding tert-OH is 1. The Labute approximate surface area is 97.2 Å². The number of hydrogen-bond acceptors (Lipinski definition) is 3. The Morgan fingerprint density at radius 1 is 1.47 bits per heavy atom. The highest BCUT2D eigenvalue weighted by Crippen LogP contribution is 2.16. The SMILES string of the molecule is O=C(NCCCO)c1nc(Cl)ccc1Cl. The van der Waals surface area contributed by atoms with Crippen LogP contribution in [0.4, 0.5) is 0 Å². The van der Waals surface area contributed by atoms with Gasteiger partial charge in [0, 0.05) is 13.2 Å². The number of hydrogen-bond donors (Lipinski definition) is 2. The van der Waals surface area contributed by atoms with Crippen LogP contribution in [0.1, 0.15) is 16.9 Å². The number of rotatable bonds is 4. The van der Waals surface area contributed by atoms with Gasteiger partial charge in [0.1, 0.15) is 10.8 Å². The number of pyridine rings is 1. The molecule has 0 aliphatic carbocycles. The lowest BCUT2D eigenvalue weighted by atomic mass is 10.3. The Hall–Kier alpha value is -0.840. The number of carbonyl (C=O) groups excluding carboxylic acids is 1. The van der Waals surface area contributed by atoms with Gasteiger partial charge in [-0.2, -0.15) is 0 Å². The van der Waals surface area contributed by atoms with Crippen LogP contribution in [0.3, 0.4) is 0 Å². The molecule has 0 aliphatic heterocycles. The number of carbonyl (C=O) groups is 1. The molecular formula is C9H10Cl2N2O2. The molecular weight excluding hydrogens is 239 g/mol. The van der Waals surface area contributed by atoms with Gasteiger partial charge in [-0.1, -0.05) is 23.2 Å². The second-order valence-electron chi connectivity index (χ2n) is 2.80. The molecule has 0 bridgehead atoms. The molecule has 1 amide bonds. The number of aromatic nitrogens is 1. The Morgan fingerprint density at radius 2 is 2.20 bits per heavy atom. The maximum absolute atomic E-state index is 11.5. The van der Waals surface area contributed by atoms with Crippen LogP contribution < -0.4 is 5.32 Å². The monoisotopic (exact) mass is 248 g/mol. The summed E-state index contributed by atoms with van der Waals surface area (Å²) in [4.78, 5) is 15.3. The lowest BCUT2D eigenvalue weighted by molar-refractivity contribution is 0.0946. The fraction of sp³-hybridized carbons (Fsp3) is 0.333. The molecule has 6 heteroatoms. The van der Waals surface area contributed by atoms with Crippen molar-refractivity contribution in [2.45, 2.75) is 6.42 Å². The van der Waals surface area contributed by atoms with Crippen LogP contribution in [-0.2, 0) is 0 Å². The Balaban J connectivity index is 2.68. The summed E-state index contributed by atoms with van der Waals surface area (Å²) in [5.41, 5.74) is 0.0992. The van der Waals surface area contributed by atoms with Gasteiger partial charge in [-0.05, 0) is 18.6 Å². The minimum Gasteiger partial charge on any atom is -0.396 e. The van der Waals surface area contributed by atoms with Crippen molar-refractivity contribution >= 4 is 29.1 Å². The van der Waals surface area contributed by atoms with Gasteiger partial charge in [0.25, 0.3) is 5.91 Å². The van der Waals surface area contributed by atoms with Crippen LogP contribution in [0.25, 0.3) is 0 Å². The molecule has 0 saturated heterocycles. The van der Waals surface area contributed by atoms with Gasteiger partial charge in [0.15, 0.2) is 0 Å². The topological polar surface area (TPSA) is 62.2 Å². The van der Waals surface area contributed by atoms with E-state index < -0.39 is 5.91 Å². The third-order valence-electron chi connectivity index (χ3n) is 1.65. The number of nitrogens with zero attached hydrogens (tertiary/aromatic N) is 1. The minimum absolute atomic E-state index is 0.0248. The van der Waals surface area contributed by atoms with Gasteiger partial charge >= 0.3 is 0 Å². The fourth-order valence-electron chi connectivity index (χ4n) is 0.942. The van der Waals surface area contributed by atoms with Crippen molar-refractivity contribution in [2.24, 2.45) is 0 Å². The van der Waals surface area contributed by atoms with E-state index >= 15 is 0 Å². The van der Waals surface area contributed by atoms with Crippen LogP contribution in [0, 0.1) is 0 Å². The first-order valence-corrected chi connectivity index (χ1v) is 5.12. The molecule has 0 saturated carbocycles. The lowest BCUT2D eigenvalue weighted by Gasteiger charge is -2.04. The lowest BCUT2D eigenvalue weighted by Crippen LogP contribution is -2.26. The molecule has 0 atom stereocenters. The molecule has 82 valence electrons. The van der Waals surface area contributed by atoms with Gasteiger partial charge in [0.05, 0.1) is 5.02 Å². The number of amides is 1. The van der Waals surface area contributed by atoms with Crippen molar-refractivity contribution in [2.75, 3.05) is 13.2 Å². The van der Waals surface area contributed by atoms with Gasteiger partial charge in [0.2, 0.25) is 0 Å². The van der Waals surface area contributed by atoms with Gasteiger partial charge in [-0.25, -0.2) is 4.98 Å². The van der Waals surface area contributed by atoms with E-state index in [0.717, 1.165) is 0 Å². The Bertz CT molecular complexity index is 358. The summed E-state index contributed by atoms with van der Waals surface area (Å²) < 4.78 is 0. The Morgan fingerprint density at radius 3 is 2.87 bits per heavy atom. The Kier molecular flexibility index (Phi) is 4.81. The zero-order chi connectivity index (χ0) is 11.3. The van der Waals surface area contributed by atoms with Crippen molar-refractivity contribution < 1.29 is 9.90 Å². The highest BCUT2D eigenvalue weighted by molar-refractivity contribution is 6.34. The summed E-state index contributed by atoms with van der Waals surface area (Å²) in [6, 6.07) is 3.02. The van der Waals surface area contributed by atoms with E-state index in [9.17, 15) is 4.79 Å². The summed E-state index contributed by atoms with van der Waals surface area (Å²) >= 11 is 11.4. The highest BCUT2D eigenvalue weighted by Gasteiger charge is 2.11. The van der Waals surface area contributed by atoms with Crippen molar-refractivity contribution in [3.63, 3.8) is 0 Å². The van der Waals surface area contributed by atoms with Crippen molar-refractivity contribution in [3.05, 3.63) is 28.0 Å². The molecule has 2 N–H and O–H groups in total. The first kappa shape index (κ1) is 12.2. The highest BCUT2D eigenvalue weighted by atomic mass is 35.5. The van der Waals surface area contributed by atoms with Gasteiger partial charge in [-0.3, -0.25) is 4.79 Å². The van der Waals surface area contributed by atoms with E-state index in [2.05, 4.69) is 10.3 Å². The largest absolute Gasteiger partial charge is 0.396 e. The van der Waals surface area contributed by atoms with Crippen LogP contribution >= 0.6 is 23.2 Å². The molecule has 15 heavy (non-hydrogen) atoms. The van der Waals surface area contributed by atoms with E-state index in [1.165, 1.54) is 12.1 Å². The zero-order valence-electron chi connectivity index (χ0n) is 7.83. The molecule has 1 rings (SSSR count). The zero-order valence-corrected chi connectivity index (χ0v) is 9.35. The molecule has 1 aromatic rings. The third-order valence-corrected chi connectivity index (χ3v) is 2.16. The number of nitrogens with one attached hydrogen (secondary N) is 1. The normalized spacial score (nSPS) is 10.1.